The average Bonchev–Trinajstić information content (AvgIpc) is 2.79. The molecule has 3 aromatic rings. The lowest BCUT2D eigenvalue weighted by Gasteiger charge is -2.05. The first-order chi connectivity index (χ1) is 15.4. The number of carbonyl (C=O) groups excluding carboxylic acids is 2. The summed E-state index contributed by atoms with van der Waals surface area (Å²) in [6.45, 7) is -0.333. The van der Waals surface area contributed by atoms with Gasteiger partial charge in [0.2, 0.25) is 0 Å². The number of benzene rings is 3. The number of esters is 1. The lowest BCUT2D eigenvalue weighted by atomic mass is 10.2. The van der Waals surface area contributed by atoms with E-state index in [0.717, 1.165) is 0 Å². The molecule has 32 heavy (non-hydrogen) atoms. The maximum Gasteiger partial charge on any atom is 0.346 e. The van der Waals surface area contributed by atoms with Crippen LogP contribution in [0.5, 0.6) is 11.5 Å². The molecule has 0 aliphatic carbocycles. The van der Waals surface area contributed by atoms with Gasteiger partial charge < -0.3 is 9.47 Å². The molecule has 162 valence electrons. The number of nitrogens with one attached hydrogen (secondary N) is 1. The predicted octanol–water partition coefficient (Wildman–Crippen LogP) is 3.48. The zero-order chi connectivity index (χ0) is 22.9. The van der Waals surface area contributed by atoms with Gasteiger partial charge in [-0.05, 0) is 54.1 Å². The van der Waals surface area contributed by atoms with Crippen molar-refractivity contribution in [2.24, 2.45) is 5.10 Å². The smallest absolute Gasteiger partial charge is 0.346 e. The third kappa shape index (κ3) is 6.20. The Hall–Kier alpha value is -4.60. The van der Waals surface area contributed by atoms with Crippen LogP contribution in [0, 0.1) is 15.9 Å². The second-order valence-electron chi connectivity index (χ2n) is 6.27. The third-order valence-corrected chi connectivity index (χ3v) is 4.00. The van der Waals surface area contributed by atoms with E-state index in [2.05, 4.69) is 10.5 Å². The Morgan fingerprint density at radius 2 is 1.66 bits per heavy atom. The summed E-state index contributed by atoms with van der Waals surface area (Å²) >= 11 is 0. The molecule has 1 amide bonds. The number of halogens is 1. The van der Waals surface area contributed by atoms with Gasteiger partial charge in [-0.25, -0.2) is 14.6 Å². The van der Waals surface area contributed by atoms with Crippen LogP contribution in [0.4, 0.5) is 10.1 Å². The van der Waals surface area contributed by atoms with E-state index >= 15 is 0 Å². The molecule has 0 spiro atoms. The Labute approximate surface area is 181 Å². The van der Waals surface area contributed by atoms with Crippen LogP contribution in [0.25, 0.3) is 0 Å². The van der Waals surface area contributed by atoms with Gasteiger partial charge in [0.25, 0.3) is 11.6 Å². The number of hydrazone groups is 1. The molecule has 0 bridgehead atoms. The van der Waals surface area contributed by atoms with Crippen LogP contribution in [0.3, 0.4) is 0 Å². The van der Waals surface area contributed by atoms with Crippen molar-refractivity contribution in [3.05, 3.63) is 99.9 Å². The summed E-state index contributed by atoms with van der Waals surface area (Å²) in [5.74, 6) is -1.50. The van der Waals surface area contributed by atoms with Crippen LogP contribution < -0.4 is 14.9 Å². The van der Waals surface area contributed by atoms with E-state index in [-0.39, 0.29) is 23.6 Å². The monoisotopic (exact) mass is 437 g/mol. The van der Waals surface area contributed by atoms with Crippen LogP contribution >= 0.6 is 0 Å². The molecule has 10 heteroatoms. The number of nitro benzene ring substituents is 1. The molecule has 0 fully saturated rings. The van der Waals surface area contributed by atoms with Gasteiger partial charge in [-0.2, -0.15) is 5.10 Å². The van der Waals surface area contributed by atoms with E-state index in [1.807, 2.05) is 0 Å². The zero-order valence-electron chi connectivity index (χ0n) is 16.4. The molecule has 0 aliphatic rings. The zero-order valence-corrected chi connectivity index (χ0v) is 16.4. The standard InChI is InChI=1S/C22H16FN3O6/c23-20-4-2-1-3-19(20)22(28)32-18-9-5-15(6-10-18)13-24-25-21(27)14-31-17-11-7-16(8-12-17)26(29)30/h1-13H,14H2,(H,25,27)/b24-13+. The summed E-state index contributed by atoms with van der Waals surface area (Å²) in [6, 6.07) is 17.0. The van der Waals surface area contributed by atoms with Crippen LogP contribution in [0.2, 0.25) is 0 Å². The molecule has 0 saturated carbocycles. The van der Waals surface area contributed by atoms with Crippen molar-refractivity contribution in [1.82, 2.24) is 5.43 Å². The average molecular weight is 437 g/mol. The maximum atomic E-state index is 13.6. The quantitative estimate of drug-likeness (QED) is 0.189. The summed E-state index contributed by atoms with van der Waals surface area (Å²) < 4.78 is 24.0. The molecule has 3 rings (SSSR count). The minimum Gasteiger partial charge on any atom is -0.484 e. The Bertz CT molecular complexity index is 1150. The third-order valence-electron chi connectivity index (χ3n) is 4.00. The van der Waals surface area contributed by atoms with Crippen molar-refractivity contribution in [2.45, 2.75) is 0 Å². The molecule has 0 saturated heterocycles. The van der Waals surface area contributed by atoms with Crippen molar-refractivity contribution in [3.8, 4) is 11.5 Å². The van der Waals surface area contributed by atoms with E-state index < -0.39 is 22.6 Å². The Balaban J connectivity index is 1.46. The van der Waals surface area contributed by atoms with Crippen LogP contribution in [0.1, 0.15) is 15.9 Å². The van der Waals surface area contributed by atoms with Gasteiger partial charge in [0.15, 0.2) is 6.61 Å². The largest absolute Gasteiger partial charge is 0.484 e. The number of nitro groups is 1. The first-order valence-corrected chi connectivity index (χ1v) is 9.18. The van der Waals surface area contributed by atoms with Gasteiger partial charge in [0.1, 0.15) is 17.3 Å². The Kier molecular flexibility index (Phi) is 7.20. The normalized spacial score (nSPS) is 10.5. The lowest BCUT2D eigenvalue weighted by molar-refractivity contribution is -0.384. The van der Waals surface area contributed by atoms with Gasteiger partial charge in [0.05, 0.1) is 16.7 Å². The highest BCUT2D eigenvalue weighted by Crippen LogP contribution is 2.17. The van der Waals surface area contributed by atoms with Crippen molar-refractivity contribution in [3.63, 3.8) is 0 Å². The van der Waals surface area contributed by atoms with E-state index in [1.165, 1.54) is 66.9 Å². The summed E-state index contributed by atoms with van der Waals surface area (Å²) in [7, 11) is 0. The Morgan fingerprint density at radius 3 is 2.31 bits per heavy atom. The number of hydrogen-bond acceptors (Lipinski definition) is 7. The highest BCUT2D eigenvalue weighted by atomic mass is 19.1. The second-order valence-corrected chi connectivity index (χ2v) is 6.27. The molecular formula is C22H16FN3O6. The fourth-order valence-electron chi connectivity index (χ4n) is 2.43. The number of hydrogen-bond donors (Lipinski definition) is 1. The number of nitrogens with zero attached hydrogens (tertiary/aromatic N) is 2. The molecular weight excluding hydrogens is 421 g/mol. The number of non-ortho nitro benzene ring substituents is 1. The molecule has 9 nitrogen and oxygen atoms in total. The summed E-state index contributed by atoms with van der Waals surface area (Å²) in [5, 5.41) is 14.4. The van der Waals surface area contributed by atoms with Gasteiger partial charge >= 0.3 is 5.97 Å². The van der Waals surface area contributed by atoms with E-state index in [9.17, 15) is 24.1 Å². The van der Waals surface area contributed by atoms with Crippen molar-refractivity contribution in [2.75, 3.05) is 6.61 Å². The number of amides is 1. The first kappa shape index (κ1) is 22.1. The molecule has 3 aromatic carbocycles. The minimum absolute atomic E-state index is 0.0839. The fourth-order valence-corrected chi connectivity index (χ4v) is 2.43. The van der Waals surface area contributed by atoms with E-state index in [0.29, 0.717) is 11.3 Å². The number of ether oxygens (including phenoxy) is 2. The summed E-state index contributed by atoms with van der Waals surface area (Å²) in [6.07, 6.45) is 1.37. The fraction of sp³-hybridized carbons (Fsp3) is 0.0455. The van der Waals surface area contributed by atoms with Crippen molar-refractivity contribution >= 4 is 23.8 Å². The molecule has 0 radical (unpaired) electrons. The second kappa shape index (κ2) is 10.4. The topological polar surface area (TPSA) is 120 Å². The van der Waals surface area contributed by atoms with Crippen LogP contribution in [-0.4, -0.2) is 29.6 Å². The van der Waals surface area contributed by atoms with E-state index in [4.69, 9.17) is 9.47 Å². The summed E-state index contributed by atoms with van der Waals surface area (Å²) in [4.78, 5) is 33.8. The van der Waals surface area contributed by atoms with Crippen LogP contribution in [-0.2, 0) is 4.79 Å². The van der Waals surface area contributed by atoms with Gasteiger partial charge in [0, 0.05) is 12.1 Å². The SMILES string of the molecule is O=C(COc1ccc([N+](=O)[O-])cc1)N/N=C/c1ccc(OC(=O)c2ccccc2F)cc1. The van der Waals surface area contributed by atoms with Crippen molar-refractivity contribution in [1.29, 1.82) is 0 Å². The lowest BCUT2D eigenvalue weighted by Crippen LogP contribution is -2.24. The summed E-state index contributed by atoms with van der Waals surface area (Å²) in [5.41, 5.74) is 2.63. The Morgan fingerprint density at radius 1 is 1.00 bits per heavy atom. The van der Waals surface area contributed by atoms with Gasteiger partial charge in [-0.3, -0.25) is 14.9 Å². The van der Waals surface area contributed by atoms with Gasteiger partial charge in [-0.1, -0.05) is 12.1 Å². The number of carbonyl (C=O) groups is 2. The highest BCUT2D eigenvalue weighted by molar-refractivity contribution is 5.91. The van der Waals surface area contributed by atoms with Crippen molar-refractivity contribution < 1.29 is 28.4 Å². The molecule has 0 aliphatic heterocycles. The van der Waals surface area contributed by atoms with Gasteiger partial charge in [-0.15, -0.1) is 0 Å². The highest BCUT2D eigenvalue weighted by Gasteiger charge is 2.13. The maximum absolute atomic E-state index is 13.6. The minimum atomic E-state index is -0.815. The predicted molar refractivity (Wildman–Crippen MR) is 112 cm³/mol. The molecule has 1 N–H and O–H groups in total. The molecule has 0 atom stereocenters. The molecule has 0 heterocycles. The number of rotatable bonds is 8. The van der Waals surface area contributed by atoms with Crippen LogP contribution in [0.15, 0.2) is 77.9 Å². The molecule has 0 unspecified atom stereocenters. The van der Waals surface area contributed by atoms with E-state index in [1.54, 1.807) is 12.1 Å². The first-order valence-electron chi connectivity index (χ1n) is 9.18. The molecule has 0 aromatic heterocycles.